The van der Waals surface area contributed by atoms with E-state index >= 15 is 0 Å². The van der Waals surface area contributed by atoms with Crippen LogP contribution in [-0.4, -0.2) is 25.4 Å². The molecule has 0 saturated heterocycles. The Morgan fingerprint density at radius 2 is 1.95 bits per heavy atom. The van der Waals surface area contributed by atoms with Crippen molar-refractivity contribution in [1.29, 1.82) is 0 Å². The Morgan fingerprint density at radius 3 is 2.55 bits per heavy atom. The van der Waals surface area contributed by atoms with E-state index in [-0.39, 0.29) is 17.5 Å². The number of rotatable bonds is 7. The Kier molecular flexibility index (Phi) is 6.43. The number of para-hydroxylation sites is 1. The van der Waals surface area contributed by atoms with E-state index in [0.29, 0.717) is 19.0 Å². The zero-order valence-electron chi connectivity index (χ0n) is 13.1. The van der Waals surface area contributed by atoms with Gasteiger partial charge in [-0.1, -0.05) is 19.1 Å². The predicted octanol–water partition coefficient (Wildman–Crippen LogP) is 3.69. The molecule has 1 rings (SSSR count). The van der Waals surface area contributed by atoms with Gasteiger partial charge in [0, 0.05) is 11.6 Å². The summed E-state index contributed by atoms with van der Waals surface area (Å²) in [6.07, 6.45) is 0. The van der Waals surface area contributed by atoms with Gasteiger partial charge in [-0.2, -0.15) is 0 Å². The van der Waals surface area contributed by atoms with E-state index in [0.717, 1.165) is 12.1 Å². The maximum Gasteiger partial charge on any atom is 0.165 e. The van der Waals surface area contributed by atoms with Gasteiger partial charge in [0.25, 0.3) is 0 Å². The van der Waals surface area contributed by atoms with Gasteiger partial charge in [0.2, 0.25) is 0 Å². The van der Waals surface area contributed by atoms with Gasteiger partial charge in [-0.3, -0.25) is 0 Å². The summed E-state index contributed by atoms with van der Waals surface area (Å²) in [4.78, 5) is 0. The number of hydrogen-bond donors (Lipinski definition) is 1. The maximum atomic E-state index is 13.9. The third-order valence-electron chi connectivity index (χ3n) is 2.84. The summed E-state index contributed by atoms with van der Waals surface area (Å²) in [6, 6.07) is 5.06. The first-order valence-corrected chi connectivity index (χ1v) is 7.13. The van der Waals surface area contributed by atoms with E-state index in [1.165, 1.54) is 6.07 Å². The molecule has 0 fully saturated rings. The first-order valence-electron chi connectivity index (χ1n) is 7.13. The van der Waals surface area contributed by atoms with Crippen molar-refractivity contribution in [2.24, 2.45) is 0 Å². The highest BCUT2D eigenvalue weighted by molar-refractivity contribution is 5.37. The number of nitrogens with one attached hydrogen (secondary N) is 1. The second-order valence-corrected chi connectivity index (χ2v) is 5.75. The summed E-state index contributed by atoms with van der Waals surface area (Å²) in [5.41, 5.74) is 0.626. The van der Waals surface area contributed by atoms with E-state index in [2.05, 4.69) is 5.32 Å². The van der Waals surface area contributed by atoms with Gasteiger partial charge in [0.1, 0.15) is 6.61 Å². The molecule has 0 aromatic heterocycles. The van der Waals surface area contributed by atoms with E-state index in [4.69, 9.17) is 9.47 Å². The lowest BCUT2D eigenvalue weighted by molar-refractivity contribution is -0.0168. The summed E-state index contributed by atoms with van der Waals surface area (Å²) >= 11 is 0. The van der Waals surface area contributed by atoms with E-state index in [1.807, 2.05) is 40.7 Å². The minimum Gasteiger partial charge on any atom is -0.488 e. The van der Waals surface area contributed by atoms with Gasteiger partial charge in [-0.15, -0.1) is 0 Å². The largest absolute Gasteiger partial charge is 0.488 e. The Balaban J connectivity index is 2.68. The van der Waals surface area contributed by atoms with Crippen LogP contribution in [0, 0.1) is 5.82 Å². The molecule has 0 saturated carbocycles. The summed E-state index contributed by atoms with van der Waals surface area (Å²) in [5.74, 6) is -0.0125. The molecular formula is C16H26FNO2. The summed E-state index contributed by atoms with van der Waals surface area (Å²) in [7, 11) is 0. The molecule has 0 aliphatic heterocycles. The molecule has 0 bridgehead atoms. The second-order valence-electron chi connectivity index (χ2n) is 5.75. The highest BCUT2D eigenvalue weighted by Gasteiger charge is 2.15. The van der Waals surface area contributed by atoms with Crippen molar-refractivity contribution < 1.29 is 13.9 Å². The van der Waals surface area contributed by atoms with Crippen LogP contribution in [0.15, 0.2) is 18.2 Å². The lowest BCUT2D eigenvalue weighted by Gasteiger charge is -2.21. The van der Waals surface area contributed by atoms with Gasteiger partial charge in [0.15, 0.2) is 11.6 Å². The van der Waals surface area contributed by atoms with Crippen molar-refractivity contribution in [2.75, 3.05) is 19.8 Å². The van der Waals surface area contributed by atoms with Crippen LogP contribution in [-0.2, 0) is 4.74 Å². The van der Waals surface area contributed by atoms with Gasteiger partial charge in [-0.25, -0.2) is 4.39 Å². The molecule has 3 nitrogen and oxygen atoms in total. The van der Waals surface area contributed by atoms with Gasteiger partial charge in [0.05, 0.1) is 12.2 Å². The molecule has 0 aliphatic rings. The predicted molar refractivity (Wildman–Crippen MR) is 79.7 cm³/mol. The zero-order valence-corrected chi connectivity index (χ0v) is 13.1. The molecule has 4 heteroatoms. The molecule has 114 valence electrons. The van der Waals surface area contributed by atoms with Crippen LogP contribution in [0.1, 0.15) is 46.2 Å². The Bertz CT molecular complexity index is 415. The molecule has 0 aliphatic carbocycles. The van der Waals surface area contributed by atoms with Crippen molar-refractivity contribution >= 4 is 0 Å². The second kappa shape index (κ2) is 7.60. The molecule has 1 unspecified atom stereocenters. The average molecular weight is 283 g/mol. The fourth-order valence-electron chi connectivity index (χ4n) is 1.93. The average Bonchev–Trinajstić information content (AvgIpc) is 2.35. The maximum absolute atomic E-state index is 13.9. The van der Waals surface area contributed by atoms with Crippen molar-refractivity contribution in [3.8, 4) is 5.75 Å². The van der Waals surface area contributed by atoms with Crippen molar-refractivity contribution in [3.63, 3.8) is 0 Å². The van der Waals surface area contributed by atoms with E-state index in [9.17, 15) is 4.39 Å². The quantitative estimate of drug-likeness (QED) is 0.774. The van der Waals surface area contributed by atoms with Crippen LogP contribution in [0.5, 0.6) is 5.75 Å². The number of hydrogen-bond acceptors (Lipinski definition) is 3. The Morgan fingerprint density at radius 1 is 1.25 bits per heavy atom. The first kappa shape index (κ1) is 16.9. The molecule has 1 atom stereocenters. The zero-order chi connectivity index (χ0) is 15.2. The van der Waals surface area contributed by atoms with Crippen molar-refractivity contribution in [1.82, 2.24) is 5.32 Å². The van der Waals surface area contributed by atoms with Crippen LogP contribution in [0.25, 0.3) is 0 Å². The van der Waals surface area contributed by atoms with E-state index < -0.39 is 0 Å². The normalized spacial score (nSPS) is 13.3. The number of halogens is 1. The third kappa shape index (κ3) is 5.47. The van der Waals surface area contributed by atoms with Crippen LogP contribution in [0.4, 0.5) is 4.39 Å². The highest BCUT2D eigenvalue weighted by Crippen LogP contribution is 2.28. The molecule has 0 spiro atoms. The lowest BCUT2D eigenvalue weighted by atomic mass is 10.1. The summed E-state index contributed by atoms with van der Waals surface area (Å²) < 4.78 is 25.1. The van der Waals surface area contributed by atoms with Crippen LogP contribution >= 0.6 is 0 Å². The number of benzene rings is 1. The molecule has 0 heterocycles. The SMILES string of the molecule is CCNC(C)c1cccc(F)c1OCCOC(C)(C)C. The molecular weight excluding hydrogens is 257 g/mol. The van der Waals surface area contributed by atoms with Gasteiger partial charge in [-0.05, 0) is 40.3 Å². The van der Waals surface area contributed by atoms with Gasteiger partial charge >= 0.3 is 0 Å². The van der Waals surface area contributed by atoms with Crippen LogP contribution < -0.4 is 10.1 Å². The van der Waals surface area contributed by atoms with Crippen LogP contribution in [0.3, 0.4) is 0 Å². The fourth-order valence-corrected chi connectivity index (χ4v) is 1.93. The van der Waals surface area contributed by atoms with Crippen molar-refractivity contribution in [3.05, 3.63) is 29.6 Å². The van der Waals surface area contributed by atoms with Gasteiger partial charge < -0.3 is 14.8 Å². The minimum absolute atomic E-state index is 0.0502. The molecule has 1 aromatic rings. The minimum atomic E-state index is -0.331. The topological polar surface area (TPSA) is 30.5 Å². The lowest BCUT2D eigenvalue weighted by Crippen LogP contribution is -2.23. The standard InChI is InChI=1S/C16H26FNO2/c1-6-18-12(2)13-8-7-9-14(17)15(13)19-10-11-20-16(3,4)5/h7-9,12,18H,6,10-11H2,1-5H3. The van der Waals surface area contributed by atoms with Crippen molar-refractivity contribution in [2.45, 2.75) is 46.3 Å². The Hall–Kier alpha value is -1.13. The smallest absolute Gasteiger partial charge is 0.165 e. The molecule has 1 N–H and O–H groups in total. The molecule has 20 heavy (non-hydrogen) atoms. The fraction of sp³-hybridized carbons (Fsp3) is 0.625. The summed E-state index contributed by atoms with van der Waals surface area (Å²) in [6.45, 7) is 11.6. The third-order valence-corrected chi connectivity index (χ3v) is 2.84. The monoisotopic (exact) mass is 283 g/mol. The Labute approximate surface area is 121 Å². The first-order chi connectivity index (χ1) is 9.35. The summed E-state index contributed by atoms with van der Waals surface area (Å²) in [5, 5.41) is 3.27. The molecule has 0 amide bonds. The molecule has 1 aromatic carbocycles. The van der Waals surface area contributed by atoms with Crippen LogP contribution in [0.2, 0.25) is 0 Å². The van der Waals surface area contributed by atoms with E-state index in [1.54, 1.807) is 6.07 Å². The highest BCUT2D eigenvalue weighted by atomic mass is 19.1. The molecule has 0 radical (unpaired) electrons. The number of ether oxygens (including phenoxy) is 2.